The summed E-state index contributed by atoms with van der Waals surface area (Å²) in [6.07, 6.45) is 0.171. The van der Waals surface area contributed by atoms with Gasteiger partial charge in [0.05, 0.1) is 5.56 Å². The molecule has 0 aliphatic carbocycles. The van der Waals surface area contributed by atoms with E-state index >= 15 is 0 Å². The van der Waals surface area contributed by atoms with Gasteiger partial charge in [-0.3, -0.25) is 4.79 Å². The second-order valence-electron chi connectivity index (χ2n) is 4.92. The van der Waals surface area contributed by atoms with Gasteiger partial charge in [-0.15, -0.1) is 0 Å². The SMILES string of the molecule is O=C(CC1CNc2ccccc21)c1cc(F)ccc1F. The minimum absolute atomic E-state index is 0.00127. The molecule has 1 unspecified atom stereocenters. The molecule has 3 rings (SSSR count). The number of carbonyl (C=O) groups is 1. The van der Waals surface area contributed by atoms with E-state index in [-0.39, 0.29) is 23.7 Å². The van der Waals surface area contributed by atoms with Crippen LogP contribution in [-0.2, 0) is 0 Å². The number of fused-ring (bicyclic) bond motifs is 1. The zero-order valence-corrected chi connectivity index (χ0v) is 10.7. The number of anilines is 1. The summed E-state index contributed by atoms with van der Waals surface area (Å²) in [5.41, 5.74) is 1.89. The molecule has 1 atom stereocenters. The third-order valence-corrected chi connectivity index (χ3v) is 3.60. The number of rotatable bonds is 3. The molecule has 1 aliphatic heterocycles. The first-order valence-corrected chi connectivity index (χ1v) is 6.46. The van der Waals surface area contributed by atoms with E-state index in [0.29, 0.717) is 6.54 Å². The van der Waals surface area contributed by atoms with Crippen molar-refractivity contribution in [1.29, 1.82) is 0 Å². The lowest BCUT2D eigenvalue weighted by atomic mass is 9.93. The number of Topliss-reactive ketones (excluding diaryl/α,β-unsaturated/α-hetero) is 1. The Balaban J connectivity index is 1.82. The summed E-state index contributed by atoms with van der Waals surface area (Å²) in [5, 5.41) is 3.21. The van der Waals surface area contributed by atoms with E-state index in [1.165, 1.54) is 0 Å². The van der Waals surface area contributed by atoms with Crippen LogP contribution in [0.4, 0.5) is 14.5 Å². The summed E-state index contributed by atoms with van der Waals surface area (Å²) in [4.78, 5) is 12.1. The van der Waals surface area contributed by atoms with Gasteiger partial charge in [0.15, 0.2) is 5.78 Å². The van der Waals surface area contributed by atoms with E-state index in [2.05, 4.69) is 5.32 Å². The maximum atomic E-state index is 13.6. The number of benzene rings is 2. The topological polar surface area (TPSA) is 29.1 Å². The standard InChI is InChI=1S/C16H13F2NO/c17-11-5-6-14(18)13(8-11)16(20)7-10-9-19-15-4-2-1-3-12(10)15/h1-6,8,10,19H,7,9H2. The minimum atomic E-state index is -0.671. The van der Waals surface area contributed by atoms with Gasteiger partial charge in [-0.2, -0.15) is 0 Å². The minimum Gasteiger partial charge on any atom is -0.384 e. The maximum Gasteiger partial charge on any atom is 0.166 e. The molecule has 0 amide bonds. The molecule has 1 aliphatic rings. The van der Waals surface area contributed by atoms with Crippen molar-refractivity contribution < 1.29 is 13.6 Å². The molecule has 0 saturated heterocycles. The summed E-state index contributed by atoms with van der Waals surface area (Å²) < 4.78 is 26.7. The first-order chi connectivity index (χ1) is 9.65. The smallest absolute Gasteiger partial charge is 0.166 e. The van der Waals surface area contributed by atoms with Crippen LogP contribution in [-0.4, -0.2) is 12.3 Å². The number of hydrogen-bond acceptors (Lipinski definition) is 2. The number of ketones is 1. The fourth-order valence-corrected chi connectivity index (χ4v) is 2.58. The number of nitrogens with one attached hydrogen (secondary N) is 1. The lowest BCUT2D eigenvalue weighted by Gasteiger charge is -2.09. The van der Waals surface area contributed by atoms with Crippen LogP contribution in [0.1, 0.15) is 28.3 Å². The lowest BCUT2D eigenvalue weighted by molar-refractivity contribution is 0.0971. The molecule has 0 aromatic heterocycles. The van der Waals surface area contributed by atoms with Crippen molar-refractivity contribution in [3.05, 3.63) is 65.2 Å². The predicted octanol–water partition coefficient (Wildman–Crippen LogP) is 3.75. The molecule has 20 heavy (non-hydrogen) atoms. The summed E-state index contributed by atoms with van der Waals surface area (Å²) >= 11 is 0. The van der Waals surface area contributed by atoms with Crippen LogP contribution in [0.2, 0.25) is 0 Å². The average molecular weight is 273 g/mol. The van der Waals surface area contributed by atoms with Gasteiger partial charge >= 0.3 is 0 Å². The van der Waals surface area contributed by atoms with E-state index < -0.39 is 11.6 Å². The van der Waals surface area contributed by atoms with Crippen molar-refractivity contribution in [1.82, 2.24) is 0 Å². The second-order valence-corrected chi connectivity index (χ2v) is 4.92. The number of halogens is 2. The molecule has 0 bridgehead atoms. The van der Waals surface area contributed by atoms with Gasteiger partial charge in [0.2, 0.25) is 0 Å². The van der Waals surface area contributed by atoms with Gasteiger partial charge < -0.3 is 5.32 Å². The van der Waals surface area contributed by atoms with Gasteiger partial charge in [0.25, 0.3) is 0 Å². The average Bonchev–Trinajstić information content (AvgIpc) is 2.85. The Morgan fingerprint density at radius 3 is 2.85 bits per heavy atom. The highest BCUT2D eigenvalue weighted by Crippen LogP contribution is 2.34. The molecule has 0 fully saturated rings. The van der Waals surface area contributed by atoms with E-state index in [9.17, 15) is 13.6 Å². The van der Waals surface area contributed by atoms with Gasteiger partial charge in [0.1, 0.15) is 11.6 Å². The first kappa shape index (κ1) is 12.8. The van der Waals surface area contributed by atoms with Gasteiger partial charge in [0, 0.05) is 24.6 Å². The largest absolute Gasteiger partial charge is 0.384 e. The Hall–Kier alpha value is -2.23. The molecule has 0 saturated carbocycles. The third-order valence-electron chi connectivity index (χ3n) is 3.60. The first-order valence-electron chi connectivity index (χ1n) is 6.46. The van der Waals surface area contributed by atoms with Crippen LogP contribution < -0.4 is 5.32 Å². The van der Waals surface area contributed by atoms with Crippen molar-refractivity contribution in [2.75, 3.05) is 11.9 Å². The second kappa shape index (κ2) is 5.04. The monoisotopic (exact) mass is 273 g/mol. The highest BCUT2D eigenvalue weighted by molar-refractivity contribution is 5.97. The van der Waals surface area contributed by atoms with E-state index in [0.717, 1.165) is 29.4 Å². The molecule has 2 nitrogen and oxygen atoms in total. The highest BCUT2D eigenvalue weighted by Gasteiger charge is 2.25. The molecule has 1 heterocycles. The van der Waals surface area contributed by atoms with Gasteiger partial charge in [-0.1, -0.05) is 18.2 Å². The molecule has 0 spiro atoms. The summed E-state index contributed by atoms with van der Waals surface area (Å²) in [7, 11) is 0. The Kier molecular flexibility index (Phi) is 3.22. The van der Waals surface area contributed by atoms with Gasteiger partial charge in [-0.25, -0.2) is 8.78 Å². The Morgan fingerprint density at radius 1 is 1.20 bits per heavy atom. The molecular weight excluding hydrogens is 260 g/mol. The van der Waals surface area contributed by atoms with Crippen LogP contribution in [0.15, 0.2) is 42.5 Å². The van der Waals surface area contributed by atoms with E-state index in [1.54, 1.807) is 0 Å². The molecule has 2 aromatic carbocycles. The van der Waals surface area contributed by atoms with Crippen molar-refractivity contribution in [3.63, 3.8) is 0 Å². The van der Waals surface area contributed by atoms with Crippen LogP contribution >= 0.6 is 0 Å². The quantitative estimate of drug-likeness (QED) is 0.863. The Bertz CT molecular complexity index is 669. The zero-order valence-electron chi connectivity index (χ0n) is 10.7. The molecule has 4 heteroatoms. The molecule has 0 radical (unpaired) electrons. The number of para-hydroxylation sites is 1. The van der Waals surface area contributed by atoms with E-state index in [4.69, 9.17) is 0 Å². The zero-order chi connectivity index (χ0) is 14.1. The van der Waals surface area contributed by atoms with Crippen molar-refractivity contribution in [2.24, 2.45) is 0 Å². The van der Waals surface area contributed by atoms with Crippen LogP contribution in [0.25, 0.3) is 0 Å². The fraction of sp³-hybridized carbons (Fsp3) is 0.188. The summed E-state index contributed by atoms with van der Waals surface area (Å²) in [5.74, 6) is -1.64. The van der Waals surface area contributed by atoms with Crippen LogP contribution in [0.3, 0.4) is 0 Å². The molecule has 1 N–H and O–H groups in total. The van der Waals surface area contributed by atoms with Crippen molar-refractivity contribution in [2.45, 2.75) is 12.3 Å². The van der Waals surface area contributed by atoms with Crippen molar-refractivity contribution >= 4 is 11.5 Å². The van der Waals surface area contributed by atoms with Crippen molar-refractivity contribution in [3.8, 4) is 0 Å². The fourth-order valence-electron chi connectivity index (χ4n) is 2.58. The molecular formula is C16H13F2NO. The third kappa shape index (κ3) is 2.29. The lowest BCUT2D eigenvalue weighted by Crippen LogP contribution is -2.11. The maximum absolute atomic E-state index is 13.6. The molecule has 102 valence electrons. The molecule has 2 aromatic rings. The normalized spacial score (nSPS) is 16.6. The number of carbonyl (C=O) groups excluding carboxylic acids is 1. The Labute approximate surface area is 115 Å². The summed E-state index contributed by atoms with van der Waals surface area (Å²) in [6.45, 7) is 0.641. The van der Waals surface area contributed by atoms with Gasteiger partial charge in [-0.05, 0) is 29.8 Å². The van der Waals surface area contributed by atoms with Crippen LogP contribution in [0.5, 0.6) is 0 Å². The van der Waals surface area contributed by atoms with Crippen LogP contribution in [0, 0.1) is 11.6 Å². The predicted molar refractivity (Wildman–Crippen MR) is 73.0 cm³/mol. The Morgan fingerprint density at radius 2 is 2.00 bits per heavy atom. The number of hydrogen-bond donors (Lipinski definition) is 1. The van der Waals surface area contributed by atoms with E-state index in [1.807, 2.05) is 24.3 Å². The highest BCUT2D eigenvalue weighted by atomic mass is 19.1. The summed E-state index contributed by atoms with van der Waals surface area (Å²) in [6, 6.07) is 10.7.